The summed E-state index contributed by atoms with van der Waals surface area (Å²) in [4.78, 5) is 0. The van der Waals surface area contributed by atoms with Crippen LogP contribution >= 0.6 is 16.3 Å². The average Bonchev–Trinajstić information content (AvgIpc) is 2.56. The topological polar surface area (TPSA) is 86.7 Å². The Hall–Kier alpha value is 0.200. The molecule has 0 N–H and O–H groups in total. The third-order valence-electron chi connectivity index (χ3n) is 4.17. The van der Waals surface area contributed by atoms with Gasteiger partial charge in [-0.05, 0) is 32.6 Å². The van der Waals surface area contributed by atoms with Crippen LogP contribution in [0.4, 0.5) is 0 Å². The molecule has 0 saturated heterocycles. The van der Waals surface area contributed by atoms with Crippen LogP contribution in [0.15, 0.2) is 0 Å². The van der Waals surface area contributed by atoms with Gasteiger partial charge in [0.1, 0.15) is 13.6 Å². The van der Waals surface area contributed by atoms with Gasteiger partial charge in [0.15, 0.2) is 14.4 Å². The Bertz CT molecular complexity index is 476. The fraction of sp³-hybridized carbons (Fsp3) is 1.00. The molecule has 1 aliphatic carbocycles. The lowest BCUT2D eigenvalue weighted by atomic mass is 9.98. The number of rotatable bonds is 13. The Morgan fingerprint density at radius 3 is 2.46 bits per heavy atom. The molecule has 2 atom stereocenters. The van der Waals surface area contributed by atoms with Gasteiger partial charge in [-0.15, -0.1) is 0 Å². The minimum absolute atomic E-state index is 0.180. The van der Waals surface area contributed by atoms with Crippen LogP contribution in [0.3, 0.4) is 0 Å². The quantitative estimate of drug-likeness (QED) is 0.259. The van der Waals surface area contributed by atoms with Crippen LogP contribution in [-0.4, -0.2) is 38.6 Å². The molecular weight excluding hydrogens is 370 g/mol. The number of unbranched alkanes of at least 4 members (excludes halogenated alkanes) is 3. The molecule has 0 spiro atoms. The van der Waals surface area contributed by atoms with Crippen molar-refractivity contribution >= 4 is 26.4 Å². The smallest absolute Gasteiger partial charge is 0.292 e. The highest BCUT2D eigenvalue weighted by atomic mass is 32.2. The maximum Gasteiger partial charge on any atom is 0.292 e. The van der Waals surface area contributed by atoms with E-state index in [1.54, 1.807) is 6.92 Å². The number of ether oxygens (including phenoxy) is 1. The van der Waals surface area contributed by atoms with Crippen molar-refractivity contribution in [3.8, 4) is 0 Å². The van der Waals surface area contributed by atoms with E-state index >= 15 is 0 Å². The molecule has 0 bridgehead atoms. The van der Waals surface area contributed by atoms with Crippen molar-refractivity contribution in [1.82, 2.24) is 0 Å². The number of hydrogen-bond donors (Lipinski definition) is 0. The summed E-state index contributed by atoms with van der Waals surface area (Å²) in [5.74, 6) is -1.08. The monoisotopic (exact) mass is 400 g/mol. The van der Waals surface area contributed by atoms with Gasteiger partial charge in [0.2, 0.25) is 0 Å². The summed E-state index contributed by atoms with van der Waals surface area (Å²) in [6.07, 6.45) is 9.34. The first-order chi connectivity index (χ1) is 11.4. The lowest BCUT2D eigenvalue weighted by Gasteiger charge is -2.21. The van der Waals surface area contributed by atoms with Crippen LogP contribution in [0.2, 0.25) is 0 Å². The fourth-order valence-electron chi connectivity index (χ4n) is 2.71. The predicted octanol–water partition coefficient (Wildman–Crippen LogP) is 4.40. The first kappa shape index (κ1) is 22.2. The van der Waals surface area contributed by atoms with Gasteiger partial charge in [0.25, 0.3) is 10.1 Å². The second-order valence-corrected chi connectivity index (χ2v) is 10.8. The van der Waals surface area contributed by atoms with E-state index in [1.807, 2.05) is 0 Å². The van der Waals surface area contributed by atoms with Crippen LogP contribution in [0, 0.1) is 0 Å². The maximum absolute atomic E-state index is 12.1. The van der Waals surface area contributed by atoms with E-state index in [0.717, 1.165) is 57.8 Å². The zero-order valence-electron chi connectivity index (χ0n) is 14.4. The third kappa shape index (κ3) is 10.2. The molecule has 0 amide bonds. The van der Waals surface area contributed by atoms with Crippen LogP contribution in [-0.2, 0) is 28.2 Å². The van der Waals surface area contributed by atoms with Crippen molar-refractivity contribution in [3.05, 3.63) is 0 Å². The lowest BCUT2D eigenvalue weighted by molar-refractivity contribution is 0.123. The van der Waals surface area contributed by atoms with Crippen LogP contribution in [0.5, 0.6) is 0 Å². The van der Waals surface area contributed by atoms with Gasteiger partial charge in [0.05, 0.1) is 6.10 Å². The molecule has 0 aromatic rings. The number of hydrogen-bond acceptors (Lipinski definition) is 6. The highest BCUT2D eigenvalue weighted by molar-refractivity contribution is 7.86. The van der Waals surface area contributed by atoms with E-state index in [4.69, 9.17) is 8.92 Å². The fourth-order valence-corrected chi connectivity index (χ4v) is 5.49. The van der Waals surface area contributed by atoms with Crippen molar-refractivity contribution in [3.63, 3.8) is 0 Å². The summed E-state index contributed by atoms with van der Waals surface area (Å²) in [5.41, 5.74) is 0. The van der Waals surface area contributed by atoms with E-state index in [0.29, 0.717) is 12.3 Å². The largest absolute Gasteiger partial charge is 0.353 e. The molecule has 2 unspecified atom stereocenters. The van der Waals surface area contributed by atoms with E-state index in [1.165, 1.54) is 0 Å². The van der Waals surface area contributed by atoms with E-state index in [9.17, 15) is 17.5 Å². The molecule has 1 fully saturated rings. The molecule has 24 heavy (non-hydrogen) atoms. The minimum Gasteiger partial charge on any atom is -0.353 e. The highest BCUT2D eigenvalue weighted by Gasteiger charge is 2.23. The molecule has 142 valence electrons. The SMILES string of the molecule is CC(OCS(=O)(=O)OC1CCCCC1)[PH](=O)CCCCCCP=O. The Balaban J connectivity index is 2.19. The second kappa shape index (κ2) is 12.5. The Kier molecular flexibility index (Phi) is 11.6. The van der Waals surface area contributed by atoms with Gasteiger partial charge in [-0.2, -0.15) is 8.42 Å². The highest BCUT2D eigenvalue weighted by Crippen LogP contribution is 2.31. The standard InChI is InChI=1S/C15H30O6P2S/c1-14(23(17)12-8-3-2-7-11-22-16)20-13-24(18,19)21-15-9-5-4-6-10-15/h14-15,23H,2-13H2,1H3. The zero-order chi connectivity index (χ0) is 17.8. The maximum atomic E-state index is 12.1. The molecule has 1 aliphatic rings. The molecule has 9 heteroatoms. The second-order valence-electron chi connectivity index (χ2n) is 6.32. The van der Waals surface area contributed by atoms with Crippen molar-refractivity contribution in [2.24, 2.45) is 0 Å². The normalized spacial score (nSPS) is 19.4. The van der Waals surface area contributed by atoms with Crippen LogP contribution in [0.1, 0.15) is 64.7 Å². The van der Waals surface area contributed by atoms with Crippen molar-refractivity contribution < 1.29 is 26.5 Å². The molecule has 1 saturated carbocycles. The molecule has 0 aliphatic heterocycles. The van der Waals surface area contributed by atoms with Gasteiger partial charge in [-0.25, -0.2) is 0 Å². The minimum atomic E-state index is -3.72. The molecule has 0 radical (unpaired) electrons. The van der Waals surface area contributed by atoms with Gasteiger partial charge >= 0.3 is 0 Å². The summed E-state index contributed by atoms with van der Waals surface area (Å²) in [6, 6.07) is 0. The molecule has 0 heterocycles. The lowest BCUT2D eigenvalue weighted by Crippen LogP contribution is -2.24. The first-order valence-corrected chi connectivity index (χ1v) is 13.1. The summed E-state index contributed by atoms with van der Waals surface area (Å²) in [5, 5.41) is 0. The van der Waals surface area contributed by atoms with E-state index in [-0.39, 0.29) is 14.6 Å². The molecule has 6 nitrogen and oxygen atoms in total. The van der Waals surface area contributed by atoms with Crippen molar-refractivity contribution in [1.29, 1.82) is 0 Å². The van der Waals surface area contributed by atoms with Crippen molar-refractivity contribution in [2.75, 3.05) is 18.3 Å². The summed E-state index contributed by atoms with van der Waals surface area (Å²) >= 11 is 0. The van der Waals surface area contributed by atoms with Crippen LogP contribution < -0.4 is 0 Å². The summed E-state index contributed by atoms with van der Waals surface area (Å²) in [6.45, 7) is 1.66. The predicted molar refractivity (Wildman–Crippen MR) is 97.1 cm³/mol. The van der Waals surface area contributed by atoms with Gasteiger partial charge in [0, 0.05) is 12.3 Å². The first-order valence-electron chi connectivity index (χ1n) is 8.79. The van der Waals surface area contributed by atoms with E-state index in [2.05, 4.69) is 0 Å². The average molecular weight is 400 g/mol. The van der Waals surface area contributed by atoms with Crippen molar-refractivity contribution in [2.45, 2.75) is 76.7 Å². The third-order valence-corrected chi connectivity index (χ3v) is 7.58. The van der Waals surface area contributed by atoms with Gasteiger partial charge in [-0.3, -0.25) is 8.75 Å². The van der Waals surface area contributed by atoms with E-state index < -0.39 is 29.7 Å². The Morgan fingerprint density at radius 1 is 1.12 bits per heavy atom. The Morgan fingerprint density at radius 2 is 1.79 bits per heavy atom. The molecular formula is C15H30O6P2S. The van der Waals surface area contributed by atoms with Crippen LogP contribution in [0.25, 0.3) is 0 Å². The molecule has 1 rings (SSSR count). The molecule has 0 aromatic heterocycles. The Labute approximate surface area is 148 Å². The summed E-state index contributed by atoms with van der Waals surface area (Å²) < 4.78 is 56.7. The zero-order valence-corrected chi connectivity index (χ0v) is 17.2. The van der Waals surface area contributed by atoms with Gasteiger partial charge < -0.3 is 9.30 Å². The van der Waals surface area contributed by atoms with Gasteiger partial charge in [-0.1, -0.05) is 32.1 Å². The molecule has 0 aromatic carbocycles. The summed E-state index contributed by atoms with van der Waals surface area (Å²) in [7, 11) is -5.51.